The Kier molecular flexibility index (Phi) is 3.77. The average molecular weight is 317 g/mol. The highest BCUT2D eigenvalue weighted by Gasteiger charge is 2.04. The zero-order chi connectivity index (χ0) is 14.8. The topological polar surface area (TPSA) is 52.7 Å². The van der Waals surface area contributed by atoms with E-state index in [1.54, 1.807) is 0 Å². The van der Waals surface area contributed by atoms with Crippen molar-refractivity contribution >= 4 is 51.3 Å². The summed E-state index contributed by atoms with van der Waals surface area (Å²) in [6.45, 7) is 2.03. The first kappa shape index (κ1) is 13.9. The summed E-state index contributed by atoms with van der Waals surface area (Å²) in [4.78, 5) is 7.13. The molecule has 21 heavy (non-hydrogen) atoms. The Bertz CT molecular complexity index is 812. The van der Waals surface area contributed by atoms with E-state index in [0.29, 0.717) is 10.4 Å². The summed E-state index contributed by atoms with van der Waals surface area (Å²) in [6.07, 6.45) is 0. The third kappa shape index (κ3) is 3.15. The highest BCUT2D eigenvalue weighted by molar-refractivity contribution is 7.80. The Balaban J connectivity index is 1.75. The van der Waals surface area contributed by atoms with Gasteiger partial charge >= 0.3 is 0 Å². The molecule has 0 unspecified atom stereocenters. The van der Waals surface area contributed by atoms with Crippen molar-refractivity contribution in [1.29, 1.82) is 0 Å². The van der Waals surface area contributed by atoms with Crippen LogP contribution in [0.3, 0.4) is 0 Å². The van der Waals surface area contributed by atoms with Crippen molar-refractivity contribution in [3.63, 3.8) is 0 Å². The first-order valence-electron chi connectivity index (χ1n) is 6.41. The molecule has 0 aliphatic heterocycles. The lowest BCUT2D eigenvalue weighted by atomic mass is 10.2. The van der Waals surface area contributed by atoms with Crippen LogP contribution in [-0.2, 0) is 0 Å². The molecule has 0 saturated heterocycles. The van der Waals surface area contributed by atoms with Gasteiger partial charge in [0, 0.05) is 11.4 Å². The molecule has 1 heterocycles. The van der Waals surface area contributed by atoms with E-state index in [4.69, 9.17) is 23.8 Å². The first-order chi connectivity index (χ1) is 10.1. The molecule has 6 heteroatoms. The van der Waals surface area contributed by atoms with E-state index in [2.05, 4.69) is 20.6 Å². The van der Waals surface area contributed by atoms with Gasteiger partial charge in [-0.2, -0.15) is 0 Å². The van der Waals surface area contributed by atoms with Crippen LogP contribution in [0.4, 0.5) is 11.4 Å². The lowest BCUT2D eigenvalue weighted by Gasteiger charge is -2.12. The van der Waals surface area contributed by atoms with Gasteiger partial charge in [0.2, 0.25) is 5.28 Å². The second-order valence-electron chi connectivity index (χ2n) is 4.65. The quantitative estimate of drug-likeness (QED) is 0.616. The Hall–Kier alpha value is -2.11. The Labute approximate surface area is 132 Å². The van der Waals surface area contributed by atoms with E-state index >= 15 is 0 Å². The second kappa shape index (κ2) is 5.71. The fraction of sp³-hybridized carbons (Fsp3) is 0.0667. The number of nitrogens with one attached hydrogen (secondary N) is 3. The number of thiocarbonyl (C=S) groups is 1. The number of para-hydroxylation sites is 1. The van der Waals surface area contributed by atoms with Gasteiger partial charge in [-0.1, -0.05) is 18.2 Å². The minimum atomic E-state index is 0.378. The van der Waals surface area contributed by atoms with Gasteiger partial charge in [0.25, 0.3) is 0 Å². The molecule has 3 N–H and O–H groups in total. The number of anilines is 2. The molecule has 3 aromatic rings. The number of nitrogens with zero attached hydrogens (tertiary/aromatic N) is 1. The molecule has 4 nitrogen and oxygen atoms in total. The van der Waals surface area contributed by atoms with Crippen LogP contribution in [0.25, 0.3) is 11.0 Å². The second-order valence-corrected chi connectivity index (χ2v) is 5.42. The van der Waals surface area contributed by atoms with Crippen LogP contribution in [0, 0.1) is 6.92 Å². The van der Waals surface area contributed by atoms with E-state index in [1.807, 2.05) is 49.4 Å². The fourth-order valence-corrected chi connectivity index (χ4v) is 2.47. The number of aromatic amines is 1. The third-order valence-electron chi connectivity index (χ3n) is 3.10. The van der Waals surface area contributed by atoms with E-state index in [1.165, 1.54) is 0 Å². The normalized spacial score (nSPS) is 10.6. The molecule has 0 aliphatic carbocycles. The van der Waals surface area contributed by atoms with Gasteiger partial charge in [0.05, 0.1) is 11.0 Å². The fourth-order valence-electron chi connectivity index (χ4n) is 2.05. The monoisotopic (exact) mass is 316 g/mol. The maximum absolute atomic E-state index is 5.84. The summed E-state index contributed by atoms with van der Waals surface area (Å²) in [7, 11) is 0. The number of imidazole rings is 1. The molecular formula is C15H13ClN4S. The van der Waals surface area contributed by atoms with E-state index < -0.39 is 0 Å². The van der Waals surface area contributed by atoms with Gasteiger partial charge in [-0.15, -0.1) is 0 Å². The van der Waals surface area contributed by atoms with Crippen molar-refractivity contribution in [2.24, 2.45) is 0 Å². The first-order valence-corrected chi connectivity index (χ1v) is 7.19. The highest BCUT2D eigenvalue weighted by Crippen LogP contribution is 2.20. The van der Waals surface area contributed by atoms with Crippen LogP contribution < -0.4 is 10.6 Å². The van der Waals surface area contributed by atoms with E-state index in [-0.39, 0.29) is 0 Å². The molecule has 106 valence electrons. The predicted octanol–water partition coefficient (Wildman–Crippen LogP) is 4.33. The summed E-state index contributed by atoms with van der Waals surface area (Å²) in [5, 5.41) is 7.24. The number of hydrogen-bond acceptors (Lipinski definition) is 2. The van der Waals surface area contributed by atoms with Crippen LogP contribution in [0.5, 0.6) is 0 Å². The standard InChI is InChI=1S/C15H13ClN4S/c1-9-4-2-3-5-11(9)20-15(21)17-10-6-7-12-13(8-10)19-14(16)18-12/h2-8H,1H3,(H,18,19)(H2,17,20,21). The highest BCUT2D eigenvalue weighted by atomic mass is 35.5. The molecule has 3 rings (SSSR count). The van der Waals surface area contributed by atoms with E-state index in [0.717, 1.165) is 28.0 Å². The maximum atomic E-state index is 5.84. The van der Waals surface area contributed by atoms with Gasteiger partial charge in [-0.05, 0) is 60.6 Å². The van der Waals surface area contributed by atoms with Gasteiger partial charge < -0.3 is 15.6 Å². The van der Waals surface area contributed by atoms with Gasteiger partial charge in [0.1, 0.15) is 0 Å². The largest absolute Gasteiger partial charge is 0.332 e. The zero-order valence-corrected chi connectivity index (χ0v) is 12.8. The van der Waals surface area contributed by atoms with Crippen LogP contribution in [0.2, 0.25) is 5.28 Å². The number of halogens is 1. The number of fused-ring (bicyclic) bond motifs is 1. The van der Waals surface area contributed by atoms with Crippen molar-refractivity contribution in [1.82, 2.24) is 9.97 Å². The van der Waals surface area contributed by atoms with Gasteiger partial charge in [0.15, 0.2) is 5.11 Å². The summed E-state index contributed by atoms with van der Waals surface area (Å²) < 4.78 is 0. The van der Waals surface area contributed by atoms with Crippen molar-refractivity contribution in [2.75, 3.05) is 10.6 Å². The maximum Gasteiger partial charge on any atom is 0.201 e. The van der Waals surface area contributed by atoms with Crippen LogP contribution in [-0.4, -0.2) is 15.1 Å². The third-order valence-corrected chi connectivity index (χ3v) is 3.49. The van der Waals surface area contributed by atoms with Gasteiger partial charge in [-0.25, -0.2) is 4.98 Å². The molecule has 0 amide bonds. The molecule has 0 bridgehead atoms. The van der Waals surface area contributed by atoms with Crippen LogP contribution >= 0.6 is 23.8 Å². The van der Waals surface area contributed by atoms with E-state index in [9.17, 15) is 0 Å². The average Bonchev–Trinajstić information content (AvgIpc) is 2.80. The molecule has 0 atom stereocenters. The molecule has 0 saturated carbocycles. The van der Waals surface area contributed by atoms with Gasteiger partial charge in [-0.3, -0.25) is 0 Å². The van der Waals surface area contributed by atoms with Crippen molar-refractivity contribution in [2.45, 2.75) is 6.92 Å². The number of hydrogen-bond donors (Lipinski definition) is 3. The Morgan fingerprint density at radius 3 is 2.81 bits per heavy atom. The Morgan fingerprint density at radius 2 is 2.00 bits per heavy atom. The number of benzene rings is 2. The number of aromatic nitrogens is 2. The minimum Gasteiger partial charge on any atom is -0.332 e. The molecule has 1 aromatic heterocycles. The Morgan fingerprint density at radius 1 is 1.19 bits per heavy atom. The van der Waals surface area contributed by atoms with Crippen molar-refractivity contribution in [3.05, 3.63) is 53.3 Å². The minimum absolute atomic E-state index is 0.378. The summed E-state index contributed by atoms with van der Waals surface area (Å²) in [5.41, 5.74) is 4.68. The SMILES string of the molecule is Cc1ccccc1NC(=S)Nc1ccc2nc(Cl)[nH]c2c1. The summed E-state index contributed by atoms with van der Waals surface area (Å²) >= 11 is 11.2. The molecule has 0 fully saturated rings. The molecule has 2 aromatic carbocycles. The summed E-state index contributed by atoms with van der Waals surface area (Å²) in [5.74, 6) is 0. The zero-order valence-electron chi connectivity index (χ0n) is 11.3. The predicted molar refractivity (Wildman–Crippen MR) is 92.1 cm³/mol. The van der Waals surface area contributed by atoms with Crippen molar-refractivity contribution in [3.8, 4) is 0 Å². The van der Waals surface area contributed by atoms with Crippen molar-refractivity contribution < 1.29 is 0 Å². The smallest absolute Gasteiger partial charge is 0.201 e. The molecule has 0 radical (unpaired) electrons. The molecule has 0 spiro atoms. The lowest BCUT2D eigenvalue weighted by Crippen LogP contribution is -2.19. The molecular weight excluding hydrogens is 304 g/mol. The number of aryl methyl sites for hydroxylation is 1. The lowest BCUT2D eigenvalue weighted by molar-refractivity contribution is 1.34. The number of rotatable bonds is 2. The molecule has 0 aliphatic rings. The van der Waals surface area contributed by atoms with Crippen LogP contribution in [0.1, 0.15) is 5.56 Å². The van der Waals surface area contributed by atoms with Crippen LogP contribution in [0.15, 0.2) is 42.5 Å². The number of H-pyrrole nitrogens is 1. The summed E-state index contributed by atoms with van der Waals surface area (Å²) in [6, 6.07) is 13.7.